The monoisotopic (exact) mass is 421 g/mol. The van der Waals surface area contributed by atoms with E-state index in [4.69, 9.17) is 4.74 Å². The molecule has 1 N–H and O–H groups in total. The molecule has 0 bridgehead atoms. The minimum absolute atomic E-state index is 0.0212. The van der Waals surface area contributed by atoms with Crippen molar-refractivity contribution in [2.45, 2.75) is 6.54 Å². The topological polar surface area (TPSA) is 96.8 Å². The summed E-state index contributed by atoms with van der Waals surface area (Å²) >= 11 is 0. The maximum Gasteiger partial charge on any atom is 0.274 e. The van der Waals surface area contributed by atoms with E-state index in [1.54, 1.807) is 34.9 Å². The van der Waals surface area contributed by atoms with Crippen LogP contribution in [0.15, 0.2) is 53.6 Å². The molecule has 4 rings (SSSR count). The van der Waals surface area contributed by atoms with E-state index in [2.05, 4.69) is 10.3 Å². The molecule has 1 aliphatic heterocycles. The van der Waals surface area contributed by atoms with Crippen LogP contribution in [0.4, 0.5) is 0 Å². The van der Waals surface area contributed by atoms with Crippen LogP contribution in [0.5, 0.6) is 0 Å². The standard InChI is InChI=1S/C22H23N5O4/c1-25-14-26(9-10-31-2)22(30)19-11-20(28)17(13-27(19)25)21(29)24-12-15-7-8-23-18-6-4-3-5-16(15)18/h3-8,11,13H,9-10,12,14H2,1-2H3,(H,24,29). The first kappa shape index (κ1) is 20.5. The fourth-order valence-electron chi connectivity index (χ4n) is 3.63. The van der Waals surface area contributed by atoms with Gasteiger partial charge >= 0.3 is 0 Å². The third-order valence-corrected chi connectivity index (χ3v) is 5.27. The third-order valence-electron chi connectivity index (χ3n) is 5.27. The molecule has 160 valence electrons. The maximum absolute atomic E-state index is 12.8. The van der Waals surface area contributed by atoms with Gasteiger partial charge in [-0.15, -0.1) is 0 Å². The normalized spacial score (nSPS) is 13.4. The van der Waals surface area contributed by atoms with Crippen molar-refractivity contribution < 1.29 is 14.3 Å². The van der Waals surface area contributed by atoms with Crippen LogP contribution in [-0.2, 0) is 11.3 Å². The Kier molecular flexibility index (Phi) is 5.68. The number of carbonyl (C=O) groups is 2. The highest BCUT2D eigenvalue weighted by Gasteiger charge is 2.28. The molecule has 0 fully saturated rings. The smallest absolute Gasteiger partial charge is 0.274 e. The number of ether oxygens (including phenoxy) is 1. The minimum Gasteiger partial charge on any atom is -0.383 e. The first-order valence-electron chi connectivity index (χ1n) is 9.86. The molecule has 0 saturated carbocycles. The van der Waals surface area contributed by atoms with Gasteiger partial charge in [-0.2, -0.15) is 0 Å². The molecule has 2 amide bonds. The molecule has 0 atom stereocenters. The molecule has 0 radical (unpaired) electrons. The van der Waals surface area contributed by atoms with Crippen molar-refractivity contribution in [1.29, 1.82) is 0 Å². The fourth-order valence-corrected chi connectivity index (χ4v) is 3.63. The van der Waals surface area contributed by atoms with Crippen molar-refractivity contribution in [3.05, 3.63) is 75.8 Å². The summed E-state index contributed by atoms with van der Waals surface area (Å²) in [6.07, 6.45) is 3.11. The van der Waals surface area contributed by atoms with Gasteiger partial charge in [-0.1, -0.05) is 18.2 Å². The number of benzene rings is 1. The lowest BCUT2D eigenvalue weighted by Crippen LogP contribution is -2.53. The van der Waals surface area contributed by atoms with Gasteiger partial charge in [0.1, 0.15) is 17.9 Å². The number of amides is 2. The Labute approximate surface area is 178 Å². The minimum atomic E-state index is -0.501. The summed E-state index contributed by atoms with van der Waals surface area (Å²) in [7, 11) is 3.35. The third kappa shape index (κ3) is 3.99. The summed E-state index contributed by atoms with van der Waals surface area (Å²) in [5.41, 5.74) is 1.43. The Balaban J connectivity index is 1.56. The average Bonchev–Trinajstić information content (AvgIpc) is 2.78. The van der Waals surface area contributed by atoms with E-state index in [0.717, 1.165) is 16.5 Å². The van der Waals surface area contributed by atoms with Crippen LogP contribution in [0, 0.1) is 0 Å². The summed E-state index contributed by atoms with van der Waals surface area (Å²) in [4.78, 5) is 44.0. The average molecular weight is 421 g/mol. The Morgan fingerprint density at radius 1 is 1.23 bits per heavy atom. The van der Waals surface area contributed by atoms with Crippen molar-refractivity contribution in [2.75, 3.05) is 39.0 Å². The molecule has 3 aromatic rings. The van der Waals surface area contributed by atoms with Crippen molar-refractivity contribution in [3.8, 4) is 0 Å². The molecule has 3 heterocycles. The van der Waals surface area contributed by atoms with Crippen molar-refractivity contribution in [1.82, 2.24) is 19.9 Å². The molecule has 1 aliphatic rings. The number of carbonyl (C=O) groups excluding carboxylic acids is 2. The number of methoxy groups -OCH3 is 1. The maximum atomic E-state index is 12.8. The summed E-state index contributed by atoms with van der Waals surface area (Å²) in [6.45, 7) is 1.38. The number of fused-ring (bicyclic) bond motifs is 2. The van der Waals surface area contributed by atoms with E-state index < -0.39 is 11.3 Å². The summed E-state index contributed by atoms with van der Waals surface area (Å²) in [6, 6.07) is 10.7. The lowest BCUT2D eigenvalue weighted by Gasteiger charge is -2.37. The highest BCUT2D eigenvalue weighted by molar-refractivity contribution is 5.97. The van der Waals surface area contributed by atoms with Crippen LogP contribution in [0.1, 0.15) is 26.4 Å². The predicted molar refractivity (Wildman–Crippen MR) is 116 cm³/mol. The molecular formula is C22H23N5O4. The highest BCUT2D eigenvalue weighted by Crippen LogP contribution is 2.16. The summed E-state index contributed by atoms with van der Waals surface area (Å²) < 4.78 is 6.59. The SMILES string of the molecule is COCCN1CN(C)n2cc(C(=O)NCc3ccnc4ccccc34)c(=O)cc2C1=O. The number of hydrogen-bond donors (Lipinski definition) is 1. The van der Waals surface area contributed by atoms with E-state index in [-0.39, 0.29) is 23.7 Å². The highest BCUT2D eigenvalue weighted by atomic mass is 16.5. The number of aromatic nitrogens is 2. The Morgan fingerprint density at radius 2 is 2.03 bits per heavy atom. The van der Waals surface area contributed by atoms with E-state index in [1.165, 1.54) is 12.3 Å². The van der Waals surface area contributed by atoms with E-state index in [0.29, 0.717) is 19.8 Å². The van der Waals surface area contributed by atoms with Crippen LogP contribution < -0.4 is 15.8 Å². The molecule has 0 saturated heterocycles. The first-order valence-corrected chi connectivity index (χ1v) is 9.86. The Morgan fingerprint density at radius 3 is 2.84 bits per heavy atom. The predicted octanol–water partition coefficient (Wildman–Crippen LogP) is 0.954. The fraction of sp³-hybridized carbons (Fsp3) is 0.273. The van der Waals surface area contributed by atoms with Crippen LogP contribution in [0.25, 0.3) is 10.9 Å². The second-order valence-corrected chi connectivity index (χ2v) is 7.31. The van der Waals surface area contributed by atoms with Crippen molar-refractivity contribution in [2.24, 2.45) is 0 Å². The van der Waals surface area contributed by atoms with Crippen LogP contribution in [0.2, 0.25) is 0 Å². The van der Waals surface area contributed by atoms with Gasteiger partial charge in [0.05, 0.1) is 12.1 Å². The van der Waals surface area contributed by atoms with Gasteiger partial charge in [0.2, 0.25) is 0 Å². The number of para-hydroxylation sites is 1. The molecule has 0 unspecified atom stereocenters. The van der Waals surface area contributed by atoms with Crippen LogP contribution in [0.3, 0.4) is 0 Å². The van der Waals surface area contributed by atoms with Gasteiger partial charge < -0.3 is 15.0 Å². The van der Waals surface area contributed by atoms with E-state index in [1.807, 2.05) is 30.3 Å². The molecule has 31 heavy (non-hydrogen) atoms. The molecule has 0 aliphatic carbocycles. The van der Waals surface area contributed by atoms with Crippen molar-refractivity contribution in [3.63, 3.8) is 0 Å². The largest absolute Gasteiger partial charge is 0.383 e. The van der Waals surface area contributed by atoms with Gasteiger partial charge in [-0.25, -0.2) is 0 Å². The molecule has 9 nitrogen and oxygen atoms in total. The first-order chi connectivity index (χ1) is 15.0. The van der Waals surface area contributed by atoms with Gasteiger partial charge in [-0.05, 0) is 17.7 Å². The van der Waals surface area contributed by atoms with E-state index in [9.17, 15) is 14.4 Å². The molecule has 9 heteroatoms. The van der Waals surface area contributed by atoms with Gasteiger partial charge in [0.25, 0.3) is 11.8 Å². The number of hydrogen-bond acceptors (Lipinski definition) is 6. The second-order valence-electron chi connectivity index (χ2n) is 7.31. The second kappa shape index (κ2) is 8.57. The summed E-state index contributed by atoms with van der Waals surface area (Å²) in [5, 5.41) is 5.51. The Hall–Kier alpha value is -3.72. The zero-order valence-electron chi connectivity index (χ0n) is 17.4. The van der Waals surface area contributed by atoms with Crippen LogP contribution >= 0.6 is 0 Å². The molecule has 0 spiro atoms. The molecule has 1 aromatic carbocycles. The zero-order valence-corrected chi connectivity index (χ0v) is 17.4. The Bertz CT molecular complexity index is 1200. The number of rotatable bonds is 6. The number of pyridine rings is 2. The molecule has 2 aromatic heterocycles. The lowest BCUT2D eigenvalue weighted by atomic mass is 10.1. The van der Waals surface area contributed by atoms with E-state index >= 15 is 0 Å². The van der Waals surface area contributed by atoms with Gasteiger partial charge in [-0.3, -0.25) is 29.1 Å². The zero-order chi connectivity index (χ0) is 22.0. The number of nitrogens with one attached hydrogen (secondary N) is 1. The lowest BCUT2D eigenvalue weighted by molar-refractivity contribution is 0.0634. The van der Waals surface area contributed by atoms with Crippen LogP contribution in [-0.4, -0.2) is 60.4 Å². The van der Waals surface area contributed by atoms with Gasteiger partial charge in [0.15, 0.2) is 5.43 Å². The van der Waals surface area contributed by atoms with Gasteiger partial charge in [0, 0.05) is 51.1 Å². The molecular weight excluding hydrogens is 398 g/mol. The quantitative estimate of drug-likeness (QED) is 0.637. The van der Waals surface area contributed by atoms with Crippen molar-refractivity contribution >= 4 is 22.7 Å². The number of nitrogens with zero attached hydrogens (tertiary/aromatic N) is 4. The summed E-state index contributed by atoms with van der Waals surface area (Å²) in [5.74, 6) is -0.772.